The highest BCUT2D eigenvalue weighted by Gasteiger charge is 2.28. The third-order valence-electron chi connectivity index (χ3n) is 5.64. The SMILES string of the molecule is C[C@@H](N=C1OCc2cc(Cl)ccc21)C1=CCC=C1P(c1ccccc1)c1ccccc1. The maximum absolute atomic E-state index is 6.14. The van der Waals surface area contributed by atoms with Gasteiger partial charge in [-0.2, -0.15) is 0 Å². The van der Waals surface area contributed by atoms with Gasteiger partial charge in [0.25, 0.3) is 0 Å². The molecule has 0 bridgehead atoms. The van der Waals surface area contributed by atoms with Crippen LogP contribution in [0.4, 0.5) is 0 Å². The molecule has 0 amide bonds. The predicted molar refractivity (Wildman–Crippen MR) is 132 cm³/mol. The van der Waals surface area contributed by atoms with E-state index >= 15 is 0 Å². The van der Waals surface area contributed by atoms with Crippen molar-refractivity contribution in [2.24, 2.45) is 4.99 Å². The van der Waals surface area contributed by atoms with Crippen molar-refractivity contribution >= 4 is 36.0 Å². The Hall–Kier alpha value is -2.67. The molecule has 0 saturated carbocycles. The molecule has 5 rings (SSSR count). The summed E-state index contributed by atoms with van der Waals surface area (Å²) in [5.74, 6) is 0.718. The van der Waals surface area contributed by atoms with Crippen LogP contribution in [0.3, 0.4) is 0 Å². The van der Waals surface area contributed by atoms with Crippen LogP contribution in [0.25, 0.3) is 0 Å². The molecule has 2 nitrogen and oxygen atoms in total. The number of fused-ring (bicyclic) bond motifs is 1. The molecule has 1 heterocycles. The van der Waals surface area contributed by atoms with Crippen molar-refractivity contribution in [3.05, 3.63) is 118 Å². The molecule has 0 unspecified atom stereocenters. The smallest absolute Gasteiger partial charge is 0.217 e. The van der Waals surface area contributed by atoms with Crippen molar-refractivity contribution in [3.8, 4) is 0 Å². The molecule has 3 aromatic rings. The molecule has 0 fully saturated rings. The zero-order valence-corrected chi connectivity index (χ0v) is 19.0. The second-order valence-electron chi connectivity index (χ2n) is 7.69. The van der Waals surface area contributed by atoms with E-state index in [4.69, 9.17) is 21.3 Å². The second-order valence-corrected chi connectivity index (χ2v) is 10.3. The molecule has 0 radical (unpaired) electrons. The van der Waals surface area contributed by atoms with Gasteiger partial charge in [0, 0.05) is 16.1 Å². The second kappa shape index (κ2) is 8.83. The van der Waals surface area contributed by atoms with Gasteiger partial charge in [0.2, 0.25) is 5.90 Å². The van der Waals surface area contributed by atoms with E-state index in [0.29, 0.717) is 6.61 Å². The van der Waals surface area contributed by atoms with Crippen LogP contribution in [0.15, 0.2) is 107 Å². The van der Waals surface area contributed by atoms with Crippen molar-refractivity contribution in [3.63, 3.8) is 0 Å². The Balaban J connectivity index is 1.49. The van der Waals surface area contributed by atoms with E-state index in [0.717, 1.165) is 28.5 Å². The van der Waals surface area contributed by atoms with Crippen molar-refractivity contribution in [1.29, 1.82) is 0 Å². The van der Waals surface area contributed by atoms with Crippen LogP contribution < -0.4 is 10.6 Å². The number of aliphatic imine (C=N–C) groups is 1. The molecule has 0 aromatic heterocycles. The summed E-state index contributed by atoms with van der Waals surface area (Å²) in [6.45, 7) is 2.70. The van der Waals surface area contributed by atoms with Gasteiger partial charge in [-0.25, -0.2) is 4.99 Å². The maximum Gasteiger partial charge on any atom is 0.217 e. The maximum atomic E-state index is 6.14. The standard InChI is InChI=1S/C27H23ClNOP/c1-19(29-27-25-16-15-21(28)17-20(25)18-30-27)24-13-8-14-26(24)31(22-9-4-2-5-10-22)23-11-6-3-7-12-23/h2-7,9-17,19H,8,18H2,1H3/t19-/m1/s1. The molecule has 1 aliphatic carbocycles. The van der Waals surface area contributed by atoms with Gasteiger partial charge in [-0.15, -0.1) is 0 Å². The Morgan fingerprint density at radius 1 is 0.903 bits per heavy atom. The third kappa shape index (κ3) is 4.11. The zero-order chi connectivity index (χ0) is 21.2. The van der Waals surface area contributed by atoms with Gasteiger partial charge in [0.15, 0.2) is 0 Å². The monoisotopic (exact) mass is 443 g/mol. The number of benzene rings is 3. The molecule has 0 spiro atoms. The van der Waals surface area contributed by atoms with Gasteiger partial charge in [0.05, 0.1) is 6.04 Å². The highest BCUT2D eigenvalue weighted by atomic mass is 35.5. The van der Waals surface area contributed by atoms with Gasteiger partial charge in [0.1, 0.15) is 6.61 Å². The van der Waals surface area contributed by atoms with Gasteiger partial charge < -0.3 is 4.74 Å². The summed E-state index contributed by atoms with van der Waals surface area (Å²) in [7, 11) is -0.633. The Morgan fingerprint density at radius 2 is 1.58 bits per heavy atom. The number of allylic oxidation sites excluding steroid dienone is 2. The van der Waals surface area contributed by atoms with Crippen LogP contribution >= 0.6 is 19.5 Å². The third-order valence-corrected chi connectivity index (χ3v) is 8.42. The first kappa shape index (κ1) is 20.2. The molecule has 1 atom stereocenters. The van der Waals surface area contributed by atoms with Gasteiger partial charge >= 0.3 is 0 Å². The summed E-state index contributed by atoms with van der Waals surface area (Å²) in [4.78, 5) is 5.00. The Bertz CT molecular complexity index is 1140. The fourth-order valence-corrected chi connectivity index (χ4v) is 6.99. The molecule has 31 heavy (non-hydrogen) atoms. The topological polar surface area (TPSA) is 21.6 Å². The molecule has 154 valence electrons. The summed E-state index contributed by atoms with van der Waals surface area (Å²) in [6, 6.07) is 27.5. The number of hydrogen-bond acceptors (Lipinski definition) is 2. The van der Waals surface area contributed by atoms with Crippen LogP contribution in [0.1, 0.15) is 24.5 Å². The molecule has 0 saturated heterocycles. The Morgan fingerprint density at radius 3 is 2.26 bits per heavy atom. The average Bonchev–Trinajstić information content (AvgIpc) is 3.43. The summed E-state index contributed by atoms with van der Waals surface area (Å²) < 4.78 is 5.92. The largest absolute Gasteiger partial charge is 0.473 e. The quantitative estimate of drug-likeness (QED) is 0.421. The lowest BCUT2D eigenvalue weighted by Gasteiger charge is -2.24. The molecule has 4 heteroatoms. The molecule has 2 aliphatic rings. The van der Waals surface area contributed by atoms with E-state index in [1.807, 2.05) is 18.2 Å². The average molecular weight is 444 g/mol. The number of ether oxygens (including phenoxy) is 1. The van der Waals surface area contributed by atoms with Crippen molar-refractivity contribution in [1.82, 2.24) is 0 Å². The van der Waals surface area contributed by atoms with E-state index in [1.54, 1.807) is 0 Å². The number of halogens is 1. The van der Waals surface area contributed by atoms with Crippen LogP contribution in [-0.2, 0) is 11.3 Å². The van der Waals surface area contributed by atoms with Crippen molar-refractivity contribution in [2.45, 2.75) is 26.0 Å². The zero-order valence-electron chi connectivity index (χ0n) is 17.3. The summed E-state index contributed by atoms with van der Waals surface area (Å²) in [6.07, 6.45) is 5.65. The highest BCUT2D eigenvalue weighted by Crippen LogP contribution is 2.50. The molecular weight excluding hydrogens is 421 g/mol. The van der Waals surface area contributed by atoms with Crippen molar-refractivity contribution in [2.75, 3.05) is 0 Å². The molecular formula is C27H23ClNOP. The molecule has 3 aromatic carbocycles. The normalized spacial score (nSPS) is 17.3. The summed E-state index contributed by atoms with van der Waals surface area (Å²) >= 11 is 6.14. The fourth-order valence-electron chi connectivity index (χ4n) is 4.17. The first-order chi connectivity index (χ1) is 15.2. The van der Waals surface area contributed by atoms with Gasteiger partial charge in [-0.05, 0) is 61.0 Å². The van der Waals surface area contributed by atoms with Crippen LogP contribution in [0.2, 0.25) is 5.02 Å². The van der Waals surface area contributed by atoms with E-state index in [2.05, 4.69) is 79.7 Å². The molecule has 0 N–H and O–H groups in total. The predicted octanol–water partition coefficient (Wildman–Crippen LogP) is 6.35. The lowest BCUT2D eigenvalue weighted by Crippen LogP contribution is -2.16. The number of nitrogens with zero attached hydrogens (tertiary/aromatic N) is 1. The van der Waals surface area contributed by atoms with Crippen molar-refractivity contribution < 1.29 is 4.74 Å². The van der Waals surface area contributed by atoms with Crippen LogP contribution in [0.5, 0.6) is 0 Å². The minimum Gasteiger partial charge on any atom is -0.473 e. The number of rotatable bonds is 5. The minimum absolute atomic E-state index is 0.0165. The summed E-state index contributed by atoms with van der Waals surface area (Å²) in [5, 5.41) is 4.86. The van der Waals surface area contributed by atoms with E-state index in [9.17, 15) is 0 Å². The van der Waals surface area contributed by atoms with E-state index in [1.165, 1.54) is 21.5 Å². The van der Waals surface area contributed by atoms with E-state index in [-0.39, 0.29) is 6.04 Å². The summed E-state index contributed by atoms with van der Waals surface area (Å²) in [5.41, 5.74) is 3.46. The van der Waals surface area contributed by atoms with Gasteiger partial charge in [-0.1, -0.05) is 84.4 Å². The van der Waals surface area contributed by atoms with Crippen LogP contribution in [-0.4, -0.2) is 11.9 Å². The van der Waals surface area contributed by atoms with Crippen LogP contribution in [0, 0.1) is 0 Å². The fraction of sp³-hybridized carbons (Fsp3) is 0.148. The first-order valence-corrected chi connectivity index (χ1v) is 12.2. The lowest BCUT2D eigenvalue weighted by atomic mass is 10.1. The van der Waals surface area contributed by atoms with Gasteiger partial charge in [-0.3, -0.25) is 0 Å². The highest BCUT2D eigenvalue weighted by molar-refractivity contribution is 7.77. The molecule has 1 aliphatic heterocycles. The minimum atomic E-state index is -0.633. The lowest BCUT2D eigenvalue weighted by molar-refractivity contribution is 0.310. The number of hydrogen-bond donors (Lipinski definition) is 0. The first-order valence-electron chi connectivity index (χ1n) is 10.5. The van der Waals surface area contributed by atoms with E-state index < -0.39 is 7.92 Å². The Kier molecular flexibility index (Phi) is 5.76. The Labute approximate surface area is 189 Å².